The normalized spacial score (nSPS) is 18.9. The van der Waals surface area contributed by atoms with Crippen LogP contribution in [0.1, 0.15) is 24.8 Å². The molecule has 112 valence electrons. The van der Waals surface area contributed by atoms with E-state index in [9.17, 15) is 9.59 Å². The Morgan fingerprint density at radius 2 is 2.14 bits per heavy atom. The van der Waals surface area contributed by atoms with Crippen LogP contribution < -0.4 is 0 Å². The number of likely N-dealkylation sites (tertiary alicyclic amines) is 1. The number of rotatable bonds is 4. The quantitative estimate of drug-likeness (QED) is 0.847. The van der Waals surface area contributed by atoms with Gasteiger partial charge in [0.15, 0.2) is 0 Å². The molecule has 1 saturated heterocycles. The van der Waals surface area contributed by atoms with Gasteiger partial charge in [0.25, 0.3) is 0 Å². The molecule has 21 heavy (non-hydrogen) atoms. The standard InChI is InChI=1S/C16H18BrNO3/c17-14-6-2-1-5-13(14)7-8-15(19)18-9-3-4-12(11-18)10-16(20)21/h1-2,5-8,12H,3-4,9-11H2,(H,20,21). The Balaban J connectivity index is 1.96. The van der Waals surface area contributed by atoms with Crippen LogP contribution in [0.15, 0.2) is 34.8 Å². The summed E-state index contributed by atoms with van der Waals surface area (Å²) >= 11 is 3.44. The Morgan fingerprint density at radius 3 is 2.86 bits per heavy atom. The van der Waals surface area contributed by atoms with Gasteiger partial charge >= 0.3 is 5.97 Å². The zero-order valence-corrected chi connectivity index (χ0v) is 13.3. The summed E-state index contributed by atoms with van der Waals surface area (Å²) in [6.07, 6.45) is 5.23. The summed E-state index contributed by atoms with van der Waals surface area (Å²) in [4.78, 5) is 24.7. The van der Waals surface area contributed by atoms with Crippen LogP contribution in [-0.4, -0.2) is 35.0 Å². The minimum absolute atomic E-state index is 0.0548. The fourth-order valence-corrected chi connectivity index (χ4v) is 2.97. The largest absolute Gasteiger partial charge is 0.481 e. The van der Waals surface area contributed by atoms with E-state index >= 15 is 0 Å². The molecule has 0 aliphatic carbocycles. The summed E-state index contributed by atoms with van der Waals surface area (Å²) < 4.78 is 0.941. The molecule has 5 heteroatoms. The van der Waals surface area contributed by atoms with Crippen molar-refractivity contribution in [1.82, 2.24) is 4.90 Å². The lowest BCUT2D eigenvalue weighted by Gasteiger charge is -2.31. The average molecular weight is 352 g/mol. The van der Waals surface area contributed by atoms with Gasteiger partial charge in [-0.25, -0.2) is 0 Å². The molecule has 0 bridgehead atoms. The highest BCUT2D eigenvalue weighted by atomic mass is 79.9. The van der Waals surface area contributed by atoms with E-state index in [1.807, 2.05) is 24.3 Å². The third-order valence-corrected chi connectivity index (χ3v) is 4.33. The molecule has 1 aliphatic rings. The van der Waals surface area contributed by atoms with Gasteiger partial charge in [-0.1, -0.05) is 34.1 Å². The molecule has 1 aromatic rings. The van der Waals surface area contributed by atoms with Gasteiger partial charge in [0.2, 0.25) is 5.91 Å². The summed E-state index contributed by atoms with van der Waals surface area (Å²) in [7, 11) is 0. The van der Waals surface area contributed by atoms with Gasteiger partial charge in [-0.2, -0.15) is 0 Å². The molecule has 1 aliphatic heterocycles. The van der Waals surface area contributed by atoms with Crippen molar-refractivity contribution in [2.24, 2.45) is 5.92 Å². The van der Waals surface area contributed by atoms with Gasteiger partial charge in [-0.15, -0.1) is 0 Å². The first-order chi connectivity index (χ1) is 10.1. The molecule has 1 N–H and O–H groups in total. The maximum Gasteiger partial charge on any atom is 0.303 e. The number of carboxylic acids is 1. The van der Waals surface area contributed by atoms with E-state index in [0.717, 1.165) is 22.9 Å². The predicted molar refractivity (Wildman–Crippen MR) is 84.7 cm³/mol. The predicted octanol–water partition coefficient (Wildman–Crippen LogP) is 3.18. The molecule has 1 heterocycles. The summed E-state index contributed by atoms with van der Waals surface area (Å²) in [5, 5.41) is 8.85. The molecule has 1 amide bonds. The molecule has 0 aromatic heterocycles. The Morgan fingerprint density at radius 1 is 1.38 bits per heavy atom. The van der Waals surface area contributed by atoms with Gasteiger partial charge < -0.3 is 10.0 Å². The van der Waals surface area contributed by atoms with E-state index in [-0.39, 0.29) is 18.2 Å². The Hall–Kier alpha value is -1.62. The van der Waals surface area contributed by atoms with Crippen molar-refractivity contribution in [1.29, 1.82) is 0 Å². The van der Waals surface area contributed by atoms with E-state index in [0.29, 0.717) is 13.1 Å². The van der Waals surface area contributed by atoms with Crippen molar-refractivity contribution in [3.63, 3.8) is 0 Å². The van der Waals surface area contributed by atoms with Gasteiger partial charge in [-0.3, -0.25) is 9.59 Å². The lowest BCUT2D eigenvalue weighted by molar-refractivity contribution is -0.139. The van der Waals surface area contributed by atoms with Crippen molar-refractivity contribution in [3.05, 3.63) is 40.4 Å². The first-order valence-corrected chi connectivity index (χ1v) is 7.79. The first-order valence-electron chi connectivity index (χ1n) is 6.99. The second kappa shape index (κ2) is 7.41. The summed E-state index contributed by atoms with van der Waals surface area (Å²) in [6.45, 7) is 1.24. The maximum atomic E-state index is 12.2. The minimum atomic E-state index is -0.793. The van der Waals surface area contributed by atoms with Crippen LogP contribution >= 0.6 is 15.9 Å². The Kier molecular flexibility index (Phi) is 5.56. The van der Waals surface area contributed by atoms with Crippen LogP contribution in [0.25, 0.3) is 6.08 Å². The molecule has 0 spiro atoms. The molecule has 1 unspecified atom stereocenters. The van der Waals surface area contributed by atoms with Crippen LogP contribution in [-0.2, 0) is 9.59 Å². The number of aliphatic carboxylic acids is 1. The number of carboxylic acid groups (broad SMARTS) is 1. The molecule has 0 radical (unpaired) electrons. The second-order valence-electron chi connectivity index (χ2n) is 5.25. The van der Waals surface area contributed by atoms with Gasteiger partial charge in [0, 0.05) is 30.1 Å². The van der Waals surface area contributed by atoms with Crippen molar-refractivity contribution in [3.8, 4) is 0 Å². The van der Waals surface area contributed by atoms with E-state index < -0.39 is 5.97 Å². The SMILES string of the molecule is O=C(O)CC1CCCN(C(=O)C=Cc2ccccc2Br)C1. The number of hydrogen-bond donors (Lipinski definition) is 1. The summed E-state index contributed by atoms with van der Waals surface area (Å²) in [6, 6.07) is 7.69. The highest BCUT2D eigenvalue weighted by Crippen LogP contribution is 2.21. The number of nitrogens with zero attached hydrogens (tertiary/aromatic N) is 1. The number of carbonyl (C=O) groups is 2. The summed E-state index contributed by atoms with van der Waals surface area (Å²) in [5.41, 5.74) is 0.949. The number of piperidine rings is 1. The van der Waals surface area contributed by atoms with E-state index in [1.54, 1.807) is 17.1 Å². The first kappa shape index (κ1) is 15.8. The van der Waals surface area contributed by atoms with E-state index in [1.165, 1.54) is 0 Å². The molecule has 2 rings (SSSR count). The van der Waals surface area contributed by atoms with Crippen molar-refractivity contribution in [2.45, 2.75) is 19.3 Å². The van der Waals surface area contributed by atoms with E-state index in [2.05, 4.69) is 15.9 Å². The maximum absolute atomic E-state index is 12.2. The Bertz CT molecular complexity index is 556. The lowest BCUT2D eigenvalue weighted by Crippen LogP contribution is -2.39. The monoisotopic (exact) mass is 351 g/mol. The van der Waals surface area contributed by atoms with Crippen LogP contribution in [0.2, 0.25) is 0 Å². The third-order valence-electron chi connectivity index (χ3n) is 3.60. The zero-order chi connectivity index (χ0) is 15.2. The molecule has 1 fully saturated rings. The van der Waals surface area contributed by atoms with Crippen molar-refractivity contribution in [2.75, 3.05) is 13.1 Å². The van der Waals surface area contributed by atoms with Crippen LogP contribution in [0.4, 0.5) is 0 Å². The minimum Gasteiger partial charge on any atom is -0.481 e. The number of halogens is 1. The number of hydrogen-bond acceptors (Lipinski definition) is 2. The number of carbonyl (C=O) groups excluding carboxylic acids is 1. The van der Waals surface area contributed by atoms with Crippen molar-refractivity contribution >= 4 is 33.9 Å². The van der Waals surface area contributed by atoms with Gasteiger partial charge in [0.05, 0.1) is 0 Å². The lowest BCUT2D eigenvalue weighted by atomic mass is 9.95. The topological polar surface area (TPSA) is 57.6 Å². The van der Waals surface area contributed by atoms with Gasteiger partial charge in [-0.05, 0) is 36.5 Å². The molecule has 4 nitrogen and oxygen atoms in total. The molecular formula is C16H18BrNO3. The van der Waals surface area contributed by atoms with Crippen LogP contribution in [0.3, 0.4) is 0 Å². The fourth-order valence-electron chi connectivity index (χ4n) is 2.56. The average Bonchev–Trinajstić information content (AvgIpc) is 2.45. The molecule has 0 saturated carbocycles. The van der Waals surface area contributed by atoms with Crippen molar-refractivity contribution < 1.29 is 14.7 Å². The highest BCUT2D eigenvalue weighted by Gasteiger charge is 2.24. The highest BCUT2D eigenvalue weighted by molar-refractivity contribution is 9.10. The van der Waals surface area contributed by atoms with E-state index in [4.69, 9.17) is 5.11 Å². The van der Waals surface area contributed by atoms with Crippen LogP contribution in [0.5, 0.6) is 0 Å². The second-order valence-corrected chi connectivity index (χ2v) is 6.10. The smallest absolute Gasteiger partial charge is 0.303 e. The Labute approximate surface area is 132 Å². The van der Waals surface area contributed by atoms with Crippen LogP contribution in [0, 0.1) is 5.92 Å². The molecular weight excluding hydrogens is 334 g/mol. The molecule has 1 aromatic carbocycles. The molecule has 1 atom stereocenters. The number of benzene rings is 1. The number of amides is 1. The van der Waals surface area contributed by atoms with Gasteiger partial charge in [0.1, 0.15) is 0 Å². The zero-order valence-electron chi connectivity index (χ0n) is 11.7. The summed E-state index contributed by atoms with van der Waals surface area (Å²) in [5.74, 6) is -0.782. The fraction of sp³-hybridized carbons (Fsp3) is 0.375. The third kappa shape index (κ3) is 4.70.